The molecule has 0 amide bonds. The summed E-state index contributed by atoms with van der Waals surface area (Å²) in [6.45, 7) is 6.70. The van der Waals surface area contributed by atoms with Gasteiger partial charge in [0.1, 0.15) is 0 Å². The van der Waals surface area contributed by atoms with E-state index in [4.69, 9.17) is 0 Å². The summed E-state index contributed by atoms with van der Waals surface area (Å²) in [7, 11) is -3.48. The number of nitrogens with one attached hydrogen (secondary N) is 1. The summed E-state index contributed by atoms with van der Waals surface area (Å²) in [5, 5.41) is 2.06. The minimum absolute atomic E-state index is 0.104. The van der Waals surface area contributed by atoms with Gasteiger partial charge in [-0.15, -0.1) is 11.3 Å². The molecule has 1 aliphatic heterocycles. The van der Waals surface area contributed by atoms with Crippen LogP contribution in [0.5, 0.6) is 0 Å². The second-order valence-corrected chi connectivity index (χ2v) is 9.66. The smallest absolute Gasteiger partial charge is 0.240 e. The maximum absolute atomic E-state index is 12.6. The maximum Gasteiger partial charge on any atom is 0.240 e. The summed E-state index contributed by atoms with van der Waals surface area (Å²) in [5.74, 6) is 0.754. The van der Waals surface area contributed by atoms with Crippen LogP contribution in [0.4, 0.5) is 0 Å². The Morgan fingerprint density at radius 3 is 2.48 bits per heavy atom. The van der Waals surface area contributed by atoms with Crippen molar-refractivity contribution in [2.45, 2.75) is 37.6 Å². The molecular formula is C19H26N2O2S2. The number of nitrogens with zero attached hydrogens (tertiary/aromatic N) is 1. The molecule has 1 aromatic carbocycles. The van der Waals surface area contributed by atoms with Crippen LogP contribution >= 0.6 is 11.3 Å². The molecule has 136 valence electrons. The molecule has 0 bridgehead atoms. The van der Waals surface area contributed by atoms with Crippen LogP contribution in [0.1, 0.15) is 36.2 Å². The van der Waals surface area contributed by atoms with E-state index >= 15 is 0 Å². The number of rotatable bonds is 6. The van der Waals surface area contributed by atoms with Crippen LogP contribution < -0.4 is 4.72 Å². The van der Waals surface area contributed by atoms with Crippen LogP contribution in [0.3, 0.4) is 0 Å². The number of aryl methyl sites for hydroxylation is 1. The minimum atomic E-state index is -3.48. The van der Waals surface area contributed by atoms with E-state index in [1.807, 2.05) is 25.1 Å². The van der Waals surface area contributed by atoms with Gasteiger partial charge in [0.25, 0.3) is 0 Å². The largest absolute Gasteiger partial charge is 0.294 e. The highest BCUT2D eigenvalue weighted by Gasteiger charge is 2.27. The second-order valence-electron chi connectivity index (χ2n) is 6.91. The minimum Gasteiger partial charge on any atom is -0.294 e. The Morgan fingerprint density at radius 1 is 1.20 bits per heavy atom. The van der Waals surface area contributed by atoms with Gasteiger partial charge in [0.15, 0.2) is 0 Å². The topological polar surface area (TPSA) is 49.4 Å². The van der Waals surface area contributed by atoms with Crippen molar-refractivity contribution >= 4 is 21.4 Å². The molecule has 1 N–H and O–H groups in total. The Balaban J connectivity index is 1.73. The molecule has 3 rings (SSSR count). The summed E-state index contributed by atoms with van der Waals surface area (Å²) in [4.78, 5) is 3.97. The Hall–Kier alpha value is -1.21. The lowest BCUT2D eigenvalue weighted by Crippen LogP contribution is -2.41. The zero-order chi connectivity index (χ0) is 17.9. The zero-order valence-corrected chi connectivity index (χ0v) is 16.4. The van der Waals surface area contributed by atoms with Gasteiger partial charge in [0.05, 0.1) is 10.9 Å². The molecule has 0 aliphatic carbocycles. The number of thiophene rings is 1. The van der Waals surface area contributed by atoms with E-state index in [1.165, 1.54) is 17.7 Å². The molecule has 1 atom stereocenters. The molecular weight excluding hydrogens is 352 g/mol. The van der Waals surface area contributed by atoms with Crippen molar-refractivity contribution in [1.82, 2.24) is 9.62 Å². The molecule has 1 fully saturated rings. The Bertz CT molecular complexity index is 762. The molecule has 0 radical (unpaired) electrons. The first-order chi connectivity index (χ1) is 12.0. The monoisotopic (exact) mass is 378 g/mol. The van der Waals surface area contributed by atoms with Crippen LogP contribution in [0, 0.1) is 12.8 Å². The lowest BCUT2D eigenvalue weighted by molar-refractivity contribution is 0.141. The van der Waals surface area contributed by atoms with E-state index in [1.54, 1.807) is 23.5 Å². The van der Waals surface area contributed by atoms with E-state index in [-0.39, 0.29) is 6.04 Å². The van der Waals surface area contributed by atoms with E-state index < -0.39 is 10.0 Å². The fourth-order valence-corrected chi connectivity index (χ4v) is 5.12. The van der Waals surface area contributed by atoms with Crippen LogP contribution in [0.15, 0.2) is 46.7 Å². The highest BCUT2D eigenvalue weighted by atomic mass is 32.2. The molecule has 1 aliphatic rings. The average molecular weight is 379 g/mol. The predicted octanol–water partition coefficient (Wildman–Crippen LogP) is 3.81. The van der Waals surface area contributed by atoms with E-state index in [9.17, 15) is 8.42 Å². The highest BCUT2D eigenvalue weighted by molar-refractivity contribution is 7.89. The number of hydrogen-bond acceptors (Lipinski definition) is 4. The van der Waals surface area contributed by atoms with Crippen molar-refractivity contribution < 1.29 is 8.42 Å². The standard InChI is InChI=1S/C19H26N2O2S2/c1-15-5-7-17(8-6-15)25(22,23)20-14-18(19-4-3-13-24-19)21-11-9-16(2)10-12-21/h3-8,13,16,18,20H,9-12,14H2,1-2H3/t18-/m1/s1. The Labute approximate surface area is 154 Å². The molecule has 1 saturated heterocycles. The van der Waals surface area contributed by atoms with Gasteiger partial charge >= 0.3 is 0 Å². The summed E-state index contributed by atoms with van der Waals surface area (Å²) in [6.07, 6.45) is 2.35. The number of likely N-dealkylation sites (tertiary alicyclic amines) is 1. The van der Waals surface area contributed by atoms with E-state index in [0.29, 0.717) is 11.4 Å². The summed E-state index contributed by atoms with van der Waals surface area (Å²) < 4.78 is 28.1. The van der Waals surface area contributed by atoms with E-state index in [0.717, 1.165) is 24.6 Å². The van der Waals surface area contributed by atoms with Crippen molar-refractivity contribution in [2.75, 3.05) is 19.6 Å². The van der Waals surface area contributed by atoms with Crippen molar-refractivity contribution in [1.29, 1.82) is 0 Å². The molecule has 0 saturated carbocycles. The van der Waals surface area contributed by atoms with Gasteiger partial charge in [-0.2, -0.15) is 0 Å². The van der Waals surface area contributed by atoms with Gasteiger partial charge in [-0.05, 0) is 62.4 Å². The third-order valence-electron chi connectivity index (χ3n) is 4.93. The number of benzene rings is 1. The normalized spacial score (nSPS) is 18.3. The molecule has 1 aromatic heterocycles. The number of hydrogen-bond donors (Lipinski definition) is 1. The van der Waals surface area contributed by atoms with Gasteiger partial charge in [0, 0.05) is 11.4 Å². The first-order valence-electron chi connectivity index (χ1n) is 8.79. The quantitative estimate of drug-likeness (QED) is 0.832. The SMILES string of the molecule is Cc1ccc(S(=O)(=O)NC[C@H](c2cccs2)N2CCC(C)CC2)cc1. The number of piperidine rings is 1. The van der Waals surface area contributed by atoms with Crippen molar-refractivity contribution in [3.05, 3.63) is 52.2 Å². The van der Waals surface area contributed by atoms with E-state index in [2.05, 4.69) is 28.0 Å². The lowest BCUT2D eigenvalue weighted by atomic mass is 9.97. The summed E-state index contributed by atoms with van der Waals surface area (Å²) in [6, 6.07) is 11.2. The molecule has 4 nitrogen and oxygen atoms in total. The fourth-order valence-electron chi connectivity index (χ4n) is 3.22. The Morgan fingerprint density at radius 2 is 1.88 bits per heavy atom. The summed E-state index contributed by atoms with van der Waals surface area (Å²) >= 11 is 1.70. The van der Waals surface area contributed by atoms with Crippen LogP contribution in [0.25, 0.3) is 0 Å². The van der Waals surface area contributed by atoms with Gasteiger partial charge < -0.3 is 0 Å². The molecule has 2 heterocycles. The molecule has 0 unspecified atom stereocenters. The molecule has 6 heteroatoms. The first kappa shape index (κ1) is 18.6. The van der Waals surface area contributed by atoms with Gasteiger partial charge in [-0.1, -0.05) is 30.7 Å². The summed E-state index contributed by atoms with van der Waals surface area (Å²) in [5.41, 5.74) is 1.05. The maximum atomic E-state index is 12.6. The third-order valence-corrected chi connectivity index (χ3v) is 7.34. The van der Waals surface area contributed by atoms with Gasteiger partial charge in [0.2, 0.25) is 10.0 Å². The highest BCUT2D eigenvalue weighted by Crippen LogP contribution is 2.29. The van der Waals surface area contributed by atoms with Crippen molar-refractivity contribution in [3.63, 3.8) is 0 Å². The fraction of sp³-hybridized carbons (Fsp3) is 0.474. The van der Waals surface area contributed by atoms with Crippen molar-refractivity contribution in [2.24, 2.45) is 5.92 Å². The van der Waals surface area contributed by atoms with Gasteiger partial charge in [-0.3, -0.25) is 4.90 Å². The van der Waals surface area contributed by atoms with Gasteiger partial charge in [-0.25, -0.2) is 13.1 Å². The Kier molecular flexibility index (Phi) is 5.94. The first-order valence-corrected chi connectivity index (χ1v) is 11.2. The predicted molar refractivity (Wildman–Crippen MR) is 103 cm³/mol. The number of sulfonamides is 1. The molecule has 25 heavy (non-hydrogen) atoms. The molecule has 0 spiro atoms. The zero-order valence-electron chi connectivity index (χ0n) is 14.8. The van der Waals surface area contributed by atoms with Crippen LogP contribution in [-0.2, 0) is 10.0 Å². The molecule has 2 aromatic rings. The van der Waals surface area contributed by atoms with Crippen LogP contribution in [-0.4, -0.2) is 33.0 Å². The van der Waals surface area contributed by atoms with Crippen LogP contribution in [0.2, 0.25) is 0 Å². The average Bonchev–Trinajstić information content (AvgIpc) is 3.11. The lowest BCUT2D eigenvalue weighted by Gasteiger charge is -2.36. The van der Waals surface area contributed by atoms with Crippen molar-refractivity contribution in [3.8, 4) is 0 Å². The second kappa shape index (κ2) is 7.99. The third kappa shape index (κ3) is 4.70.